The first-order valence-corrected chi connectivity index (χ1v) is 3.02. The molecule has 0 atom stereocenters. The Bertz CT molecular complexity index is 37.0. The average molecular weight is 256 g/mol. The van der Waals surface area contributed by atoms with Gasteiger partial charge in [-0.1, -0.05) is 26.2 Å². The molecule has 0 rings (SSSR count). The summed E-state index contributed by atoms with van der Waals surface area (Å²) in [5.41, 5.74) is 0. The zero-order valence-corrected chi connectivity index (χ0v) is 10.4. The summed E-state index contributed by atoms with van der Waals surface area (Å²) < 4.78 is 0. The molecule has 0 heterocycles. The van der Waals surface area contributed by atoms with E-state index >= 15 is 0 Å². The summed E-state index contributed by atoms with van der Waals surface area (Å²) in [7, 11) is 0. The van der Waals surface area contributed by atoms with Gasteiger partial charge in [-0.05, 0) is 6.42 Å². The molecule has 1 nitrogen and oxygen atoms in total. The molecule has 5 heteroatoms. The van der Waals surface area contributed by atoms with Gasteiger partial charge in [0, 0.05) is 6.61 Å². The topological polar surface area (TPSA) is 20.2 Å². The van der Waals surface area contributed by atoms with E-state index in [1.54, 1.807) is 0 Å². The molecule has 0 bridgehead atoms. The summed E-state index contributed by atoms with van der Waals surface area (Å²) in [6, 6.07) is 0. The van der Waals surface area contributed by atoms with Crippen molar-refractivity contribution in [2.75, 3.05) is 6.61 Å². The molecule has 0 aliphatic heterocycles. The van der Waals surface area contributed by atoms with Crippen molar-refractivity contribution in [2.24, 2.45) is 0 Å². The summed E-state index contributed by atoms with van der Waals surface area (Å²) in [5, 5.41) is 8.29. The van der Waals surface area contributed by atoms with Gasteiger partial charge in [-0.25, -0.2) is 0 Å². The minimum Gasteiger partial charge on any atom is -1.00 e. The van der Waals surface area contributed by atoms with Crippen LogP contribution in [0.1, 0.15) is 32.6 Å². The summed E-state index contributed by atoms with van der Waals surface area (Å²) >= 11 is 0. The second-order valence-electron chi connectivity index (χ2n) is 1.78. The Morgan fingerprint density at radius 3 is 1.64 bits per heavy atom. The third-order valence-electron chi connectivity index (χ3n) is 1.01. The number of unbranched alkanes of at least 4 members (excludes halogenated alkanes) is 3. The Hall–Kier alpha value is 1.54. The number of aliphatic hydroxyl groups excluding tert-OH is 1. The van der Waals surface area contributed by atoms with Crippen LogP contribution in [0.25, 0.3) is 0 Å². The van der Waals surface area contributed by atoms with Crippen LogP contribution in [-0.2, 0) is 21.7 Å². The molecular weight excluding hydrogens is 242 g/mol. The predicted octanol–water partition coefficient (Wildman–Crippen LogP) is -7.43. The molecule has 0 fully saturated rings. The van der Waals surface area contributed by atoms with E-state index in [2.05, 4.69) is 6.92 Å². The first-order valence-electron chi connectivity index (χ1n) is 3.02. The van der Waals surface area contributed by atoms with E-state index in [0.29, 0.717) is 6.61 Å². The van der Waals surface area contributed by atoms with E-state index in [4.69, 9.17) is 5.11 Å². The second-order valence-corrected chi connectivity index (χ2v) is 1.78. The van der Waals surface area contributed by atoms with Gasteiger partial charge in [-0.15, -0.1) is 0 Å². The van der Waals surface area contributed by atoms with Gasteiger partial charge in [0.1, 0.15) is 0 Å². The van der Waals surface area contributed by atoms with Crippen molar-refractivity contribution in [3.8, 4) is 0 Å². The van der Waals surface area contributed by atoms with Gasteiger partial charge in [0.2, 0.25) is 0 Å². The molecule has 11 heavy (non-hydrogen) atoms. The standard InChI is InChI=1S/C6H14O.3ClH.Ti/c1-2-3-4-5-6-7;;;;/h7H,2-6H2,1H3;3*1H;/q;;;;+3/p-3. The zero-order valence-electron chi connectivity index (χ0n) is 6.62. The summed E-state index contributed by atoms with van der Waals surface area (Å²) in [5.74, 6) is 0. The minimum absolute atomic E-state index is 0. The van der Waals surface area contributed by atoms with Crippen molar-refractivity contribution in [1.29, 1.82) is 0 Å². The number of halogens is 3. The zero-order chi connectivity index (χ0) is 5.54. The summed E-state index contributed by atoms with van der Waals surface area (Å²) in [6.07, 6.45) is 4.68. The Morgan fingerprint density at radius 1 is 0.909 bits per heavy atom. The van der Waals surface area contributed by atoms with Crippen LogP contribution < -0.4 is 37.2 Å². The van der Waals surface area contributed by atoms with Crippen molar-refractivity contribution >= 4 is 0 Å². The maximum Gasteiger partial charge on any atom is 3.00 e. The minimum atomic E-state index is 0. The van der Waals surface area contributed by atoms with E-state index in [1.807, 2.05) is 0 Å². The van der Waals surface area contributed by atoms with Gasteiger partial charge in [-0.3, -0.25) is 0 Å². The van der Waals surface area contributed by atoms with Crippen molar-refractivity contribution in [2.45, 2.75) is 32.6 Å². The molecule has 0 aromatic carbocycles. The van der Waals surface area contributed by atoms with E-state index in [-0.39, 0.29) is 58.9 Å². The SMILES string of the molecule is CCCCCCO.[Cl-].[Cl-].[Cl-].[Ti+3]. The van der Waals surface area contributed by atoms with Gasteiger partial charge in [0.15, 0.2) is 0 Å². The molecule has 69 valence electrons. The summed E-state index contributed by atoms with van der Waals surface area (Å²) in [6.45, 7) is 2.53. The third-order valence-corrected chi connectivity index (χ3v) is 1.01. The molecule has 0 aromatic heterocycles. The molecular formula is C6H14Cl3OTi. The number of aliphatic hydroxyl groups is 1. The summed E-state index contributed by atoms with van der Waals surface area (Å²) in [4.78, 5) is 0. The van der Waals surface area contributed by atoms with E-state index < -0.39 is 0 Å². The van der Waals surface area contributed by atoms with Gasteiger partial charge in [0.05, 0.1) is 0 Å². The van der Waals surface area contributed by atoms with Crippen LogP contribution in [0.2, 0.25) is 0 Å². The second kappa shape index (κ2) is 30.0. The van der Waals surface area contributed by atoms with Gasteiger partial charge in [-0.2, -0.15) is 0 Å². The molecule has 0 aliphatic rings. The van der Waals surface area contributed by atoms with Gasteiger partial charge >= 0.3 is 21.7 Å². The fourth-order valence-electron chi connectivity index (χ4n) is 0.539. The smallest absolute Gasteiger partial charge is 1.00 e. The van der Waals surface area contributed by atoms with Crippen molar-refractivity contribution in [3.05, 3.63) is 0 Å². The molecule has 0 unspecified atom stereocenters. The molecule has 0 saturated carbocycles. The number of rotatable bonds is 4. The fourth-order valence-corrected chi connectivity index (χ4v) is 0.539. The Kier molecular flexibility index (Phi) is 80.0. The molecule has 0 saturated heterocycles. The van der Waals surface area contributed by atoms with E-state index in [0.717, 1.165) is 6.42 Å². The van der Waals surface area contributed by atoms with E-state index in [1.165, 1.54) is 19.3 Å². The average Bonchev–Trinajstić information content (AvgIpc) is 1.69. The number of hydrogen-bond acceptors (Lipinski definition) is 1. The molecule has 1 N–H and O–H groups in total. The van der Waals surface area contributed by atoms with Gasteiger partial charge in [0.25, 0.3) is 0 Å². The van der Waals surface area contributed by atoms with Crippen LogP contribution in [0.5, 0.6) is 0 Å². The molecule has 0 spiro atoms. The van der Waals surface area contributed by atoms with Crippen molar-refractivity contribution < 1.29 is 64.0 Å². The molecule has 0 amide bonds. The van der Waals surface area contributed by atoms with Crippen LogP contribution in [0.4, 0.5) is 0 Å². The Balaban J connectivity index is -0.0000000300. The first-order chi connectivity index (χ1) is 3.41. The fraction of sp³-hybridized carbons (Fsp3) is 1.00. The van der Waals surface area contributed by atoms with Crippen LogP contribution in [-0.4, -0.2) is 11.7 Å². The maximum absolute atomic E-state index is 8.29. The largest absolute Gasteiger partial charge is 3.00 e. The predicted molar refractivity (Wildman–Crippen MR) is 31.2 cm³/mol. The monoisotopic (exact) mass is 255 g/mol. The van der Waals surface area contributed by atoms with Crippen molar-refractivity contribution in [3.63, 3.8) is 0 Å². The first kappa shape index (κ1) is 29.4. The normalized spacial score (nSPS) is 6.00. The quantitative estimate of drug-likeness (QED) is 0.391. The van der Waals surface area contributed by atoms with Crippen LogP contribution in [0.3, 0.4) is 0 Å². The molecule has 0 aromatic rings. The molecule has 0 aliphatic carbocycles. The maximum atomic E-state index is 8.29. The Labute approximate surface area is 103 Å². The van der Waals surface area contributed by atoms with Crippen LogP contribution in [0.15, 0.2) is 0 Å². The van der Waals surface area contributed by atoms with E-state index in [9.17, 15) is 0 Å². The van der Waals surface area contributed by atoms with Crippen LogP contribution >= 0.6 is 0 Å². The third kappa shape index (κ3) is 34.2. The van der Waals surface area contributed by atoms with Gasteiger partial charge < -0.3 is 42.3 Å². The van der Waals surface area contributed by atoms with Crippen molar-refractivity contribution in [1.82, 2.24) is 0 Å². The van der Waals surface area contributed by atoms with Crippen LogP contribution in [0, 0.1) is 0 Å². The Morgan fingerprint density at radius 2 is 1.36 bits per heavy atom. The molecule has 1 radical (unpaired) electrons. The number of hydrogen-bond donors (Lipinski definition) is 1.